The van der Waals surface area contributed by atoms with Crippen LogP contribution >= 0.6 is 0 Å². The molecular weight excluding hydrogens is 298 g/mol. The lowest BCUT2D eigenvalue weighted by atomic mass is 10.1. The van der Waals surface area contributed by atoms with Gasteiger partial charge in [0.1, 0.15) is 5.82 Å². The number of aromatic nitrogens is 2. The van der Waals surface area contributed by atoms with Crippen LogP contribution in [0.1, 0.15) is 24.4 Å². The first kappa shape index (κ1) is 16.1. The Kier molecular flexibility index (Phi) is 4.73. The van der Waals surface area contributed by atoms with E-state index in [1.54, 1.807) is 6.07 Å². The van der Waals surface area contributed by atoms with Gasteiger partial charge in [0.25, 0.3) is 0 Å². The first-order valence-corrected chi connectivity index (χ1v) is 7.92. The summed E-state index contributed by atoms with van der Waals surface area (Å²) in [5.41, 5.74) is 0.821. The number of halogens is 2. The van der Waals surface area contributed by atoms with Crippen molar-refractivity contribution in [2.24, 2.45) is 7.05 Å². The van der Waals surface area contributed by atoms with Crippen LogP contribution in [-0.2, 0) is 13.6 Å². The maximum Gasteiger partial charge on any atom is 0.159 e. The Morgan fingerprint density at radius 3 is 2.48 bits per heavy atom. The van der Waals surface area contributed by atoms with Crippen molar-refractivity contribution in [2.75, 3.05) is 26.2 Å². The van der Waals surface area contributed by atoms with Crippen molar-refractivity contribution in [1.82, 2.24) is 19.4 Å². The number of piperazine rings is 1. The maximum atomic E-state index is 13.4. The number of rotatable bonds is 4. The van der Waals surface area contributed by atoms with Gasteiger partial charge in [-0.05, 0) is 24.6 Å². The normalized spacial score (nSPS) is 18.3. The lowest BCUT2D eigenvalue weighted by Gasteiger charge is -2.38. The molecule has 1 atom stereocenters. The zero-order valence-electron chi connectivity index (χ0n) is 13.5. The molecule has 124 valence electrons. The third-order valence-electron chi connectivity index (χ3n) is 4.67. The van der Waals surface area contributed by atoms with E-state index in [0.29, 0.717) is 0 Å². The van der Waals surface area contributed by atoms with Crippen molar-refractivity contribution in [3.63, 3.8) is 0 Å². The molecular formula is C17H22F2N4. The van der Waals surface area contributed by atoms with Gasteiger partial charge in [-0.3, -0.25) is 9.80 Å². The maximum absolute atomic E-state index is 13.4. The predicted octanol–water partition coefficient (Wildman–Crippen LogP) is 2.58. The van der Waals surface area contributed by atoms with Crippen LogP contribution in [-0.4, -0.2) is 45.5 Å². The van der Waals surface area contributed by atoms with E-state index in [4.69, 9.17) is 0 Å². The number of hydrogen-bond donors (Lipinski definition) is 0. The van der Waals surface area contributed by atoms with E-state index in [1.165, 1.54) is 12.1 Å². The highest BCUT2D eigenvalue weighted by molar-refractivity contribution is 5.21. The van der Waals surface area contributed by atoms with Gasteiger partial charge in [-0.25, -0.2) is 13.8 Å². The van der Waals surface area contributed by atoms with Crippen LogP contribution in [0.4, 0.5) is 8.78 Å². The number of nitrogens with zero attached hydrogens (tertiary/aromatic N) is 4. The van der Waals surface area contributed by atoms with Crippen molar-refractivity contribution in [3.8, 4) is 0 Å². The molecule has 0 aliphatic carbocycles. The van der Waals surface area contributed by atoms with Gasteiger partial charge in [0.15, 0.2) is 11.6 Å². The van der Waals surface area contributed by atoms with Gasteiger partial charge in [-0.1, -0.05) is 6.07 Å². The Morgan fingerprint density at radius 1 is 1.13 bits per heavy atom. The zero-order valence-corrected chi connectivity index (χ0v) is 13.5. The van der Waals surface area contributed by atoms with Crippen LogP contribution in [0.15, 0.2) is 30.6 Å². The van der Waals surface area contributed by atoms with E-state index >= 15 is 0 Å². The lowest BCUT2D eigenvalue weighted by molar-refractivity contribution is 0.0955. The first-order chi connectivity index (χ1) is 11.0. The molecule has 1 fully saturated rings. The van der Waals surface area contributed by atoms with Crippen LogP contribution < -0.4 is 0 Å². The van der Waals surface area contributed by atoms with Gasteiger partial charge < -0.3 is 4.57 Å². The number of benzene rings is 1. The van der Waals surface area contributed by atoms with Crippen molar-refractivity contribution in [2.45, 2.75) is 19.5 Å². The molecule has 1 saturated heterocycles. The van der Waals surface area contributed by atoms with Crippen molar-refractivity contribution >= 4 is 0 Å². The summed E-state index contributed by atoms with van der Waals surface area (Å²) in [5, 5.41) is 0. The molecule has 1 aromatic heterocycles. The predicted molar refractivity (Wildman–Crippen MR) is 84.8 cm³/mol. The van der Waals surface area contributed by atoms with Gasteiger partial charge in [0.05, 0.1) is 6.54 Å². The summed E-state index contributed by atoms with van der Waals surface area (Å²) in [5.74, 6) is -0.504. The molecule has 23 heavy (non-hydrogen) atoms. The second-order valence-electron chi connectivity index (χ2n) is 6.12. The standard InChI is InChI=1S/C17H22F2N4/c1-13(14-3-4-15(18)16(19)11-14)23-9-7-22(8-10-23)12-17-20-5-6-21(17)2/h3-6,11,13H,7-10,12H2,1-2H3/t13-/m1/s1. The average molecular weight is 320 g/mol. The van der Waals surface area contributed by atoms with Crippen molar-refractivity contribution in [3.05, 3.63) is 53.6 Å². The molecule has 1 aliphatic heterocycles. The van der Waals surface area contributed by atoms with E-state index < -0.39 is 11.6 Å². The molecule has 0 amide bonds. The van der Waals surface area contributed by atoms with E-state index in [0.717, 1.165) is 44.1 Å². The van der Waals surface area contributed by atoms with Crippen LogP contribution in [0.3, 0.4) is 0 Å². The largest absolute Gasteiger partial charge is 0.337 e. The third kappa shape index (κ3) is 3.59. The van der Waals surface area contributed by atoms with Gasteiger partial charge in [0.2, 0.25) is 0 Å². The van der Waals surface area contributed by atoms with Gasteiger partial charge in [0, 0.05) is 51.7 Å². The number of hydrogen-bond acceptors (Lipinski definition) is 3. The second-order valence-corrected chi connectivity index (χ2v) is 6.12. The minimum atomic E-state index is -0.791. The summed E-state index contributed by atoms with van der Waals surface area (Å²) in [7, 11) is 2.00. The highest BCUT2D eigenvalue weighted by Crippen LogP contribution is 2.23. The third-order valence-corrected chi connectivity index (χ3v) is 4.67. The fraction of sp³-hybridized carbons (Fsp3) is 0.471. The summed E-state index contributed by atoms with van der Waals surface area (Å²) in [6, 6.07) is 4.27. The Bertz CT molecular complexity index is 662. The van der Waals surface area contributed by atoms with E-state index in [9.17, 15) is 8.78 Å². The SMILES string of the molecule is C[C@H](c1ccc(F)c(F)c1)N1CCN(Cc2nccn2C)CC1. The molecule has 0 spiro atoms. The number of imidazole rings is 1. The highest BCUT2D eigenvalue weighted by atomic mass is 19.2. The number of aryl methyl sites for hydroxylation is 1. The molecule has 1 aliphatic rings. The van der Waals surface area contributed by atoms with Gasteiger partial charge in [-0.15, -0.1) is 0 Å². The van der Waals surface area contributed by atoms with E-state index in [-0.39, 0.29) is 6.04 Å². The first-order valence-electron chi connectivity index (χ1n) is 7.92. The van der Waals surface area contributed by atoms with Gasteiger partial charge in [-0.2, -0.15) is 0 Å². The Morgan fingerprint density at radius 2 is 1.87 bits per heavy atom. The molecule has 0 radical (unpaired) electrons. The molecule has 0 bridgehead atoms. The second kappa shape index (κ2) is 6.76. The smallest absolute Gasteiger partial charge is 0.159 e. The van der Waals surface area contributed by atoms with Crippen LogP contribution in [0.25, 0.3) is 0 Å². The Labute approximate surface area is 135 Å². The summed E-state index contributed by atoms with van der Waals surface area (Å²) in [6.07, 6.45) is 3.77. The topological polar surface area (TPSA) is 24.3 Å². The summed E-state index contributed by atoms with van der Waals surface area (Å²) >= 11 is 0. The Balaban J connectivity index is 1.57. The molecule has 0 saturated carbocycles. The highest BCUT2D eigenvalue weighted by Gasteiger charge is 2.23. The molecule has 0 N–H and O–H groups in total. The van der Waals surface area contributed by atoms with Gasteiger partial charge >= 0.3 is 0 Å². The fourth-order valence-electron chi connectivity index (χ4n) is 3.04. The Hall–Kier alpha value is -1.79. The molecule has 3 rings (SSSR count). The summed E-state index contributed by atoms with van der Waals surface area (Å²) in [4.78, 5) is 9.04. The molecule has 2 aromatic rings. The monoisotopic (exact) mass is 320 g/mol. The van der Waals surface area contributed by atoms with Crippen molar-refractivity contribution in [1.29, 1.82) is 0 Å². The van der Waals surface area contributed by atoms with Crippen LogP contribution in [0.5, 0.6) is 0 Å². The van der Waals surface area contributed by atoms with Crippen LogP contribution in [0, 0.1) is 11.6 Å². The molecule has 0 unspecified atom stereocenters. The molecule has 2 heterocycles. The summed E-state index contributed by atoms with van der Waals surface area (Å²) in [6.45, 7) is 6.59. The lowest BCUT2D eigenvalue weighted by Crippen LogP contribution is -2.46. The molecule has 1 aromatic carbocycles. The van der Waals surface area contributed by atoms with Crippen molar-refractivity contribution < 1.29 is 8.78 Å². The van der Waals surface area contributed by atoms with E-state index in [1.807, 2.05) is 30.9 Å². The summed E-state index contributed by atoms with van der Waals surface area (Å²) < 4.78 is 28.5. The molecule has 6 heteroatoms. The van der Waals surface area contributed by atoms with E-state index in [2.05, 4.69) is 14.8 Å². The minimum Gasteiger partial charge on any atom is -0.337 e. The fourth-order valence-corrected chi connectivity index (χ4v) is 3.04. The average Bonchev–Trinajstić information content (AvgIpc) is 2.95. The molecule has 4 nitrogen and oxygen atoms in total. The zero-order chi connectivity index (χ0) is 16.4. The minimum absolute atomic E-state index is 0.0837. The quantitative estimate of drug-likeness (QED) is 0.865. The van der Waals surface area contributed by atoms with Crippen LogP contribution in [0.2, 0.25) is 0 Å².